The van der Waals surface area contributed by atoms with Crippen LogP contribution in [0.1, 0.15) is 18.7 Å². The minimum Gasteiger partial charge on any atom is -0.368 e. The Morgan fingerprint density at radius 2 is 1.93 bits per heavy atom. The summed E-state index contributed by atoms with van der Waals surface area (Å²) in [6.45, 7) is 3.18. The Labute approximate surface area is 162 Å². The van der Waals surface area contributed by atoms with Crippen molar-refractivity contribution in [1.29, 1.82) is 0 Å². The Hall–Kier alpha value is -2.70. The predicted molar refractivity (Wildman–Crippen MR) is 103 cm³/mol. The van der Waals surface area contributed by atoms with Gasteiger partial charge in [-0.15, -0.1) is 0 Å². The molecule has 1 aliphatic heterocycles. The largest absolute Gasteiger partial charge is 0.368 e. The van der Waals surface area contributed by atoms with Crippen molar-refractivity contribution in [3.63, 3.8) is 0 Å². The van der Waals surface area contributed by atoms with E-state index in [1.807, 2.05) is 36.4 Å². The summed E-state index contributed by atoms with van der Waals surface area (Å²) in [5.41, 5.74) is 4.57. The van der Waals surface area contributed by atoms with Gasteiger partial charge >= 0.3 is 0 Å². The predicted octanol–water partition coefficient (Wildman–Crippen LogP) is 3.71. The number of nitrogens with zero attached hydrogens (tertiary/aromatic N) is 3. The van der Waals surface area contributed by atoms with Gasteiger partial charge in [0.15, 0.2) is 0 Å². The highest BCUT2D eigenvalue weighted by atomic mass is 35.5. The smallest absolute Gasteiger partial charge is 0.219 e. The molecule has 138 valence electrons. The van der Waals surface area contributed by atoms with Crippen molar-refractivity contribution >= 4 is 17.5 Å². The van der Waals surface area contributed by atoms with Crippen LogP contribution in [0.3, 0.4) is 0 Å². The summed E-state index contributed by atoms with van der Waals surface area (Å²) in [6.07, 6.45) is 3.24. The molecule has 1 amide bonds. The van der Waals surface area contributed by atoms with E-state index >= 15 is 0 Å². The average Bonchev–Trinajstić information content (AvgIpc) is 3.14. The lowest BCUT2D eigenvalue weighted by Crippen LogP contribution is -2.41. The lowest BCUT2D eigenvalue weighted by molar-refractivity contribution is -0.136. The quantitative estimate of drug-likeness (QED) is 0.749. The minimum atomic E-state index is -0.264. The van der Waals surface area contributed by atoms with E-state index in [0.717, 1.165) is 28.1 Å². The van der Waals surface area contributed by atoms with Crippen LogP contribution in [0.5, 0.6) is 0 Å². The third-order valence-electron chi connectivity index (χ3n) is 4.71. The number of benzene rings is 1. The number of nitrogens with one attached hydrogen (secondary N) is 1. The summed E-state index contributed by atoms with van der Waals surface area (Å²) in [4.78, 5) is 17.7. The molecule has 1 aliphatic rings. The highest BCUT2D eigenvalue weighted by molar-refractivity contribution is 6.30. The molecule has 1 saturated heterocycles. The van der Waals surface area contributed by atoms with Crippen molar-refractivity contribution in [3.05, 3.63) is 59.5 Å². The third-order valence-corrected chi connectivity index (χ3v) is 4.97. The zero-order valence-electron chi connectivity index (χ0n) is 14.9. The van der Waals surface area contributed by atoms with Gasteiger partial charge in [-0.1, -0.05) is 23.7 Å². The summed E-state index contributed by atoms with van der Waals surface area (Å²) < 4.78 is 5.97. The van der Waals surface area contributed by atoms with E-state index in [0.29, 0.717) is 24.7 Å². The zero-order valence-corrected chi connectivity index (χ0v) is 15.6. The average molecular weight is 383 g/mol. The number of hydrogen-bond acceptors (Lipinski definition) is 4. The summed E-state index contributed by atoms with van der Waals surface area (Å²) >= 11 is 6.03. The minimum absolute atomic E-state index is 0.0474. The van der Waals surface area contributed by atoms with E-state index in [2.05, 4.69) is 15.2 Å². The number of carbonyl (C=O) groups excluding carboxylic acids is 1. The van der Waals surface area contributed by atoms with Gasteiger partial charge < -0.3 is 9.64 Å². The van der Waals surface area contributed by atoms with Crippen molar-refractivity contribution in [2.45, 2.75) is 13.0 Å². The molecule has 0 aliphatic carbocycles. The molecular formula is C20H19ClN4O2. The van der Waals surface area contributed by atoms with Gasteiger partial charge in [-0.3, -0.25) is 14.9 Å². The lowest BCUT2D eigenvalue weighted by Gasteiger charge is -2.32. The Kier molecular flexibility index (Phi) is 4.92. The van der Waals surface area contributed by atoms with Gasteiger partial charge in [0.1, 0.15) is 11.8 Å². The second-order valence-corrected chi connectivity index (χ2v) is 6.86. The van der Waals surface area contributed by atoms with Crippen LogP contribution in [0, 0.1) is 0 Å². The molecule has 0 saturated carbocycles. The topological polar surface area (TPSA) is 71.1 Å². The molecule has 1 N–H and O–H groups in total. The normalized spacial score (nSPS) is 17.1. The van der Waals surface area contributed by atoms with Crippen LogP contribution in [0.25, 0.3) is 22.4 Å². The van der Waals surface area contributed by atoms with Crippen LogP contribution >= 0.6 is 11.6 Å². The van der Waals surface area contributed by atoms with Gasteiger partial charge in [-0.05, 0) is 29.8 Å². The maximum Gasteiger partial charge on any atom is 0.219 e. The monoisotopic (exact) mass is 382 g/mol. The zero-order chi connectivity index (χ0) is 18.8. The Balaban J connectivity index is 1.80. The number of amides is 1. The summed E-state index contributed by atoms with van der Waals surface area (Å²) in [5.74, 6) is 0.0474. The van der Waals surface area contributed by atoms with Crippen molar-refractivity contribution in [2.24, 2.45) is 0 Å². The molecule has 1 unspecified atom stereocenters. The van der Waals surface area contributed by atoms with Gasteiger partial charge in [-0.2, -0.15) is 5.10 Å². The van der Waals surface area contributed by atoms with Crippen LogP contribution in [-0.4, -0.2) is 45.7 Å². The molecule has 6 nitrogen and oxygen atoms in total. The Morgan fingerprint density at radius 1 is 1.19 bits per heavy atom. The number of carbonyl (C=O) groups is 1. The van der Waals surface area contributed by atoms with Gasteiger partial charge in [0.25, 0.3) is 0 Å². The van der Waals surface area contributed by atoms with Gasteiger partial charge in [0.05, 0.1) is 18.8 Å². The van der Waals surface area contributed by atoms with E-state index in [1.165, 1.54) is 0 Å². The van der Waals surface area contributed by atoms with Crippen LogP contribution in [-0.2, 0) is 9.53 Å². The standard InChI is InChI=1S/C20H19ClN4O2/c1-13(26)25-10-11-27-17(12-25)20-18(14-6-8-22-9-7-14)19(23-24-20)15-2-4-16(21)5-3-15/h2-9,17H,10-12H2,1H3,(H,23,24). The Morgan fingerprint density at radius 3 is 2.63 bits per heavy atom. The molecule has 27 heavy (non-hydrogen) atoms. The molecule has 3 heterocycles. The summed E-state index contributed by atoms with van der Waals surface area (Å²) in [7, 11) is 0. The lowest BCUT2D eigenvalue weighted by atomic mass is 9.97. The molecule has 1 aromatic carbocycles. The molecular weight excluding hydrogens is 364 g/mol. The first-order valence-electron chi connectivity index (χ1n) is 8.75. The number of ether oxygens (including phenoxy) is 1. The number of aromatic amines is 1. The fourth-order valence-electron chi connectivity index (χ4n) is 3.33. The second kappa shape index (κ2) is 7.50. The van der Waals surface area contributed by atoms with Gasteiger partial charge in [0, 0.05) is 42.0 Å². The fourth-order valence-corrected chi connectivity index (χ4v) is 3.45. The first kappa shape index (κ1) is 17.7. The molecule has 7 heteroatoms. The number of halogens is 1. The van der Waals surface area contributed by atoms with Crippen LogP contribution in [0.15, 0.2) is 48.8 Å². The van der Waals surface area contributed by atoms with Crippen molar-refractivity contribution in [1.82, 2.24) is 20.1 Å². The summed E-state index contributed by atoms with van der Waals surface area (Å²) in [5, 5.41) is 8.39. The third kappa shape index (κ3) is 3.59. The van der Waals surface area contributed by atoms with E-state index in [1.54, 1.807) is 24.2 Å². The number of pyridine rings is 1. The maximum atomic E-state index is 11.8. The number of rotatable bonds is 3. The maximum absolute atomic E-state index is 11.8. The van der Waals surface area contributed by atoms with Crippen LogP contribution in [0.4, 0.5) is 0 Å². The highest BCUT2D eigenvalue weighted by Gasteiger charge is 2.29. The highest BCUT2D eigenvalue weighted by Crippen LogP contribution is 2.37. The van der Waals surface area contributed by atoms with Crippen molar-refractivity contribution in [2.75, 3.05) is 19.7 Å². The molecule has 1 atom stereocenters. The van der Waals surface area contributed by atoms with Crippen LogP contribution < -0.4 is 0 Å². The molecule has 0 bridgehead atoms. The molecule has 3 aromatic rings. The first-order chi connectivity index (χ1) is 13.1. The molecule has 4 rings (SSSR count). The number of morpholine rings is 1. The number of aromatic nitrogens is 3. The molecule has 0 radical (unpaired) electrons. The van der Waals surface area contributed by atoms with Gasteiger partial charge in [0.2, 0.25) is 5.91 Å². The molecule has 1 fully saturated rings. The fraction of sp³-hybridized carbons (Fsp3) is 0.250. The second-order valence-electron chi connectivity index (χ2n) is 6.43. The van der Waals surface area contributed by atoms with E-state index < -0.39 is 0 Å². The molecule has 0 spiro atoms. The Bertz CT molecular complexity index is 940. The SMILES string of the molecule is CC(=O)N1CCOC(c2[nH]nc(-c3ccc(Cl)cc3)c2-c2ccncc2)C1. The van der Waals surface area contributed by atoms with Gasteiger partial charge in [-0.25, -0.2) is 0 Å². The number of H-pyrrole nitrogens is 1. The van der Waals surface area contributed by atoms with Crippen molar-refractivity contribution in [3.8, 4) is 22.4 Å². The van der Waals surface area contributed by atoms with Crippen LogP contribution in [0.2, 0.25) is 5.02 Å². The van der Waals surface area contributed by atoms with E-state index in [-0.39, 0.29) is 12.0 Å². The van der Waals surface area contributed by atoms with E-state index in [4.69, 9.17) is 16.3 Å². The number of hydrogen-bond donors (Lipinski definition) is 1. The van der Waals surface area contributed by atoms with E-state index in [9.17, 15) is 4.79 Å². The first-order valence-corrected chi connectivity index (χ1v) is 9.13. The molecule has 2 aromatic heterocycles. The summed E-state index contributed by atoms with van der Waals surface area (Å²) in [6, 6.07) is 11.5. The van der Waals surface area contributed by atoms with Crippen molar-refractivity contribution < 1.29 is 9.53 Å².